The fourth-order valence-electron chi connectivity index (χ4n) is 4.78. The van der Waals surface area contributed by atoms with E-state index in [0.29, 0.717) is 41.6 Å². The van der Waals surface area contributed by atoms with Gasteiger partial charge >= 0.3 is 6.09 Å². The van der Waals surface area contributed by atoms with Crippen LogP contribution in [0.1, 0.15) is 66.0 Å². The number of piperidine rings is 1. The molecular formula is C25H33N5O4. The topological polar surface area (TPSA) is 120 Å². The first kappa shape index (κ1) is 23.8. The summed E-state index contributed by atoms with van der Waals surface area (Å²) >= 11 is 0. The van der Waals surface area contributed by atoms with Crippen LogP contribution in [0.25, 0.3) is 16.6 Å². The van der Waals surface area contributed by atoms with E-state index < -0.39 is 11.5 Å². The number of carbonyl (C=O) groups is 2. The molecule has 3 aromatic rings. The number of rotatable bonds is 2. The number of nitrogens with zero attached hydrogens (tertiary/aromatic N) is 3. The minimum absolute atomic E-state index is 0.0356. The zero-order valence-electron chi connectivity index (χ0n) is 20.6. The number of hydrogen-bond donors (Lipinski definition) is 3. The van der Waals surface area contributed by atoms with Crippen LogP contribution in [-0.2, 0) is 4.79 Å². The predicted octanol–water partition coefficient (Wildman–Crippen LogP) is 4.43. The van der Waals surface area contributed by atoms with Crippen molar-refractivity contribution in [2.24, 2.45) is 10.8 Å². The molecule has 2 unspecified atom stereocenters. The molecule has 4 rings (SSSR count). The van der Waals surface area contributed by atoms with Gasteiger partial charge in [-0.1, -0.05) is 47.6 Å². The molecule has 2 atom stereocenters. The molecule has 1 aliphatic rings. The van der Waals surface area contributed by atoms with Gasteiger partial charge in [0.2, 0.25) is 5.91 Å². The SMILES string of the molecule is CC(C)(C)C(=O)Nc1cccc2nn3c(C4CCN(C(=O)O)C(C(C)(C)C)C4)cc(=O)[nH]c3c12. The number of likely N-dealkylation sites (tertiary alicyclic amines) is 1. The minimum Gasteiger partial charge on any atom is -0.465 e. The van der Waals surface area contributed by atoms with E-state index in [-0.39, 0.29) is 28.8 Å². The molecule has 0 saturated carbocycles. The number of carbonyl (C=O) groups excluding carboxylic acids is 1. The van der Waals surface area contributed by atoms with Crippen LogP contribution in [0, 0.1) is 10.8 Å². The number of aromatic nitrogens is 3. The molecule has 182 valence electrons. The van der Waals surface area contributed by atoms with E-state index in [0.717, 1.165) is 5.69 Å². The number of amides is 2. The summed E-state index contributed by atoms with van der Waals surface area (Å²) in [4.78, 5) is 41.7. The Morgan fingerprint density at radius 2 is 1.88 bits per heavy atom. The minimum atomic E-state index is -0.918. The Hall–Kier alpha value is -3.36. The zero-order chi connectivity index (χ0) is 25.0. The molecule has 2 amide bonds. The Bertz CT molecular complexity index is 1330. The molecule has 9 nitrogen and oxygen atoms in total. The summed E-state index contributed by atoms with van der Waals surface area (Å²) in [6.07, 6.45) is 0.276. The molecule has 0 radical (unpaired) electrons. The van der Waals surface area contributed by atoms with E-state index >= 15 is 0 Å². The lowest BCUT2D eigenvalue weighted by Crippen LogP contribution is -2.51. The van der Waals surface area contributed by atoms with E-state index in [9.17, 15) is 19.5 Å². The van der Waals surface area contributed by atoms with Gasteiger partial charge in [-0.3, -0.25) is 9.59 Å². The van der Waals surface area contributed by atoms with Gasteiger partial charge in [-0.25, -0.2) is 9.31 Å². The Balaban J connectivity index is 1.83. The summed E-state index contributed by atoms with van der Waals surface area (Å²) in [5.74, 6) is -0.168. The zero-order valence-corrected chi connectivity index (χ0v) is 20.6. The number of carboxylic acid groups (broad SMARTS) is 1. The Labute approximate surface area is 198 Å². The van der Waals surface area contributed by atoms with Gasteiger partial charge in [-0.15, -0.1) is 0 Å². The van der Waals surface area contributed by atoms with Gasteiger partial charge in [0.15, 0.2) is 0 Å². The highest BCUT2D eigenvalue weighted by Gasteiger charge is 2.40. The van der Waals surface area contributed by atoms with Gasteiger partial charge in [0.1, 0.15) is 5.65 Å². The summed E-state index contributed by atoms with van der Waals surface area (Å²) in [5, 5.41) is 18.1. The molecule has 0 spiro atoms. The summed E-state index contributed by atoms with van der Waals surface area (Å²) in [6, 6.07) is 6.85. The molecule has 2 aromatic heterocycles. The lowest BCUT2D eigenvalue weighted by Gasteiger charge is -2.44. The van der Waals surface area contributed by atoms with Crippen LogP contribution >= 0.6 is 0 Å². The summed E-state index contributed by atoms with van der Waals surface area (Å²) in [7, 11) is 0. The maximum Gasteiger partial charge on any atom is 0.407 e. The quantitative estimate of drug-likeness (QED) is 0.515. The van der Waals surface area contributed by atoms with Gasteiger partial charge < -0.3 is 20.3 Å². The summed E-state index contributed by atoms with van der Waals surface area (Å²) in [6.45, 7) is 12.0. The first-order chi connectivity index (χ1) is 15.8. The Morgan fingerprint density at radius 1 is 1.18 bits per heavy atom. The van der Waals surface area contributed by atoms with Crippen LogP contribution in [0.5, 0.6) is 0 Å². The summed E-state index contributed by atoms with van der Waals surface area (Å²) in [5.41, 5.74) is 1.44. The maximum atomic E-state index is 12.7. The summed E-state index contributed by atoms with van der Waals surface area (Å²) < 4.78 is 1.75. The number of nitrogens with one attached hydrogen (secondary N) is 2. The molecule has 0 aliphatic carbocycles. The normalized spacial score (nSPS) is 19.5. The Kier molecular flexibility index (Phi) is 5.70. The first-order valence-electron chi connectivity index (χ1n) is 11.6. The predicted molar refractivity (Wildman–Crippen MR) is 131 cm³/mol. The van der Waals surface area contributed by atoms with Crippen molar-refractivity contribution in [3.8, 4) is 0 Å². The average Bonchev–Trinajstić information content (AvgIpc) is 3.10. The number of hydrogen-bond acceptors (Lipinski definition) is 4. The van der Waals surface area contributed by atoms with Crippen molar-refractivity contribution in [1.82, 2.24) is 19.5 Å². The van der Waals surface area contributed by atoms with Gasteiger partial charge in [0, 0.05) is 30.0 Å². The lowest BCUT2D eigenvalue weighted by molar-refractivity contribution is -0.123. The molecule has 1 aliphatic heterocycles. The van der Waals surface area contributed by atoms with Crippen molar-refractivity contribution in [3.63, 3.8) is 0 Å². The van der Waals surface area contributed by atoms with Crippen molar-refractivity contribution in [2.45, 2.75) is 66.3 Å². The highest BCUT2D eigenvalue weighted by molar-refractivity contribution is 6.08. The van der Waals surface area contributed by atoms with E-state index in [4.69, 9.17) is 5.10 Å². The number of anilines is 1. The molecule has 3 N–H and O–H groups in total. The second kappa shape index (κ2) is 8.14. The molecule has 1 aromatic carbocycles. The number of H-pyrrole nitrogens is 1. The van der Waals surface area contributed by atoms with Gasteiger partial charge in [0.25, 0.3) is 5.56 Å². The van der Waals surface area contributed by atoms with Gasteiger partial charge in [0.05, 0.1) is 22.3 Å². The first-order valence-corrected chi connectivity index (χ1v) is 11.6. The lowest BCUT2D eigenvalue weighted by atomic mass is 9.76. The van der Waals surface area contributed by atoms with Crippen molar-refractivity contribution >= 4 is 34.2 Å². The third kappa shape index (κ3) is 4.26. The molecule has 0 bridgehead atoms. The van der Waals surface area contributed by atoms with Crippen LogP contribution in [0.2, 0.25) is 0 Å². The monoisotopic (exact) mass is 467 g/mol. The highest BCUT2D eigenvalue weighted by atomic mass is 16.4. The van der Waals surface area contributed by atoms with Crippen LogP contribution in [0.3, 0.4) is 0 Å². The van der Waals surface area contributed by atoms with Crippen molar-refractivity contribution in [2.75, 3.05) is 11.9 Å². The van der Waals surface area contributed by atoms with E-state index in [1.807, 2.05) is 53.7 Å². The number of fused-ring (bicyclic) bond motifs is 3. The fourth-order valence-corrected chi connectivity index (χ4v) is 4.78. The standard InChI is InChI=1S/C25H33N5O4/c1-24(2,3)18-12-14(10-11-29(18)23(33)34)17-13-19(31)27-21-20-15(26-22(32)25(4,5)6)8-7-9-16(20)28-30(17)21/h7-9,13-14,18H,10-12H2,1-6H3,(H,26,32)(H,27,31)(H,33,34). The van der Waals surface area contributed by atoms with Crippen LogP contribution in [0.4, 0.5) is 10.5 Å². The molecule has 1 saturated heterocycles. The van der Waals surface area contributed by atoms with Crippen molar-refractivity contribution in [3.05, 3.63) is 40.3 Å². The fraction of sp³-hybridized carbons (Fsp3) is 0.520. The third-order valence-corrected chi connectivity index (χ3v) is 6.66. The van der Waals surface area contributed by atoms with E-state index in [1.54, 1.807) is 16.6 Å². The smallest absolute Gasteiger partial charge is 0.407 e. The second-order valence-corrected chi connectivity index (χ2v) is 11.3. The molecular weight excluding hydrogens is 434 g/mol. The van der Waals surface area contributed by atoms with Crippen molar-refractivity contribution in [1.29, 1.82) is 0 Å². The molecule has 9 heteroatoms. The Morgan fingerprint density at radius 3 is 2.50 bits per heavy atom. The average molecular weight is 468 g/mol. The highest BCUT2D eigenvalue weighted by Crippen LogP contribution is 2.39. The molecule has 3 heterocycles. The van der Waals surface area contributed by atoms with E-state index in [1.165, 1.54) is 4.90 Å². The largest absolute Gasteiger partial charge is 0.465 e. The number of aromatic amines is 1. The molecule has 34 heavy (non-hydrogen) atoms. The second-order valence-electron chi connectivity index (χ2n) is 11.3. The number of benzene rings is 1. The van der Waals surface area contributed by atoms with Crippen LogP contribution in [-0.4, -0.2) is 49.2 Å². The molecule has 1 fully saturated rings. The van der Waals surface area contributed by atoms with Gasteiger partial charge in [-0.2, -0.15) is 5.10 Å². The van der Waals surface area contributed by atoms with Gasteiger partial charge in [-0.05, 0) is 30.4 Å². The third-order valence-electron chi connectivity index (χ3n) is 6.66. The van der Waals surface area contributed by atoms with Crippen LogP contribution in [0.15, 0.2) is 29.1 Å². The van der Waals surface area contributed by atoms with Crippen LogP contribution < -0.4 is 10.9 Å². The maximum absolute atomic E-state index is 12.7. The van der Waals surface area contributed by atoms with E-state index in [2.05, 4.69) is 10.3 Å². The van der Waals surface area contributed by atoms with Crippen molar-refractivity contribution < 1.29 is 14.7 Å².